The predicted octanol–water partition coefficient (Wildman–Crippen LogP) is 2.98. The van der Waals surface area contributed by atoms with Crippen LogP contribution in [0.25, 0.3) is 0 Å². The van der Waals surface area contributed by atoms with Crippen molar-refractivity contribution in [2.75, 3.05) is 26.2 Å². The largest absolute Gasteiger partial charge is 0.508 e. The summed E-state index contributed by atoms with van der Waals surface area (Å²) in [4.78, 5) is 20.6. The third-order valence-corrected chi connectivity index (χ3v) is 4.06. The Bertz CT molecular complexity index is 787. The van der Waals surface area contributed by atoms with Crippen molar-refractivity contribution in [3.8, 4) is 5.75 Å². The maximum atomic E-state index is 12.0. The fourth-order valence-corrected chi connectivity index (χ4v) is 2.55. The number of rotatable bonds is 9. The topological polar surface area (TPSA) is 98.6 Å². The average molecular weight is 532 g/mol. The van der Waals surface area contributed by atoms with Crippen molar-refractivity contribution in [1.82, 2.24) is 20.9 Å². The first-order chi connectivity index (χ1) is 13.6. The number of phenols is 1. The fraction of sp³-hybridized carbons (Fsp3) is 0.350. The maximum Gasteiger partial charge on any atom is 0.251 e. The monoisotopic (exact) mass is 531 g/mol. The first-order valence-corrected chi connectivity index (χ1v) is 9.66. The summed E-state index contributed by atoms with van der Waals surface area (Å²) in [5.74, 6) is 0.609. The Kier molecular flexibility index (Phi) is 12.1. The number of benzene rings is 1. The van der Waals surface area contributed by atoms with Crippen LogP contribution in [0.1, 0.15) is 29.3 Å². The molecule has 9 heteroatoms. The van der Waals surface area contributed by atoms with Gasteiger partial charge in [0.2, 0.25) is 0 Å². The number of nitrogens with zero attached hydrogens (tertiary/aromatic N) is 2. The number of phenolic OH excluding ortho intramolecular Hbond substituents is 1. The van der Waals surface area contributed by atoms with Crippen LogP contribution in [0.4, 0.5) is 0 Å². The molecule has 0 spiro atoms. The Morgan fingerprint density at radius 2 is 2.00 bits per heavy atom. The molecule has 0 aliphatic heterocycles. The molecule has 158 valence electrons. The molecule has 4 N–H and O–H groups in total. The molecule has 0 aliphatic rings. The van der Waals surface area contributed by atoms with Crippen molar-refractivity contribution in [2.45, 2.75) is 19.8 Å². The summed E-state index contributed by atoms with van der Waals surface area (Å²) in [6.45, 7) is 4.59. The van der Waals surface area contributed by atoms with E-state index in [1.807, 2.05) is 13.0 Å². The van der Waals surface area contributed by atoms with E-state index >= 15 is 0 Å². The maximum absolute atomic E-state index is 12.0. The molecule has 0 aliphatic carbocycles. The predicted molar refractivity (Wildman–Crippen MR) is 127 cm³/mol. The SMILES string of the molecule is CCNC(=NCCCNC(=O)c1cccc(O)c1)NCCc1ccc(Cl)nc1.I. The highest BCUT2D eigenvalue weighted by molar-refractivity contribution is 14.0. The summed E-state index contributed by atoms with van der Waals surface area (Å²) in [7, 11) is 0. The molecular formula is C20H27ClIN5O2. The van der Waals surface area contributed by atoms with E-state index in [0.29, 0.717) is 30.2 Å². The van der Waals surface area contributed by atoms with E-state index in [1.54, 1.807) is 24.4 Å². The van der Waals surface area contributed by atoms with Crippen molar-refractivity contribution in [2.24, 2.45) is 4.99 Å². The van der Waals surface area contributed by atoms with E-state index < -0.39 is 0 Å². The van der Waals surface area contributed by atoms with Gasteiger partial charge in [0.1, 0.15) is 10.9 Å². The van der Waals surface area contributed by atoms with E-state index in [0.717, 1.165) is 31.0 Å². The standard InChI is InChI=1S/C20H26ClN5O2.HI/c1-2-22-20(25-12-9-15-7-8-18(21)26-14-15)24-11-4-10-23-19(28)16-5-3-6-17(27)13-16;/h3,5-8,13-14,27H,2,4,9-12H2,1H3,(H,23,28)(H2,22,24,25);1H. The Morgan fingerprint density at radius 1 is 1.17 bits per heavy atom. The van der Waals surface area contributed by atoms with Gasteiger partial charge < -0.3 is 21.1 Å². The van der Waals surface area contributed by atoms with Crippen molar-refractivity contribution in [1.29, 1.82) is 0 Å². The molecule has 0 bridgehead atoms. The van der Waals surface area contributed by atoms with Crippen molar-refractivity contribution in [3.63, 3.8) is 0 Å². The molecule has 0 radical (unpaired) electrons. The summed E-state index contributed by atoms with van der Waals surface area (Å²) in [6.07, 6.45) is 3.29. The van der Waals surface area contributed by atoms with Gasteiger partial charge in [-0.3, -0.25) is 9.79 Å². The molecule has 0 unspecified atom stereocenters. The highest BCUT2D eigenvalue weighted by Crippen LogP contribution is 2.10. The van der Waals surface area contributed by atoms with Gasteiger partial charge in [-0.15, -0.1) is 24.0 Å². The number of nitrogens with one attached hydrogen (secondary N) is 3. The molecule has 0 saturated heterocycles. The highest BCUT2D eigenvalue weighted by atomic mass is 127. The summed E-state index contributed by atoms with van der Waals surface area (Å²) >= 11 is 5.79. The zero-order chi connectivity index (χ0) is 20.2. The minimum atomic E-state index is -0.207. The van der Waals surface area contributed by atoms with Gasteiger partial charge in [-0.2, -0.15) is 0 Å². The third kappa shape index (κ3) is 9.80. The lowest BCUT2D eigenvalue weighted by Gasteiger charge is -2.11. The number of guanidine groups is 1. The first-order valence-electron chi connectivity index (χ1n) is 9.28. The van der Waals surface area contributed by atoms with Crippen LogP contribution in [0, 0.1) is 0 Å². The number of aliphatic imine (C=N–C) groups is 1. The molecule has 1 aromatic heterocycles. The Morgan fingerprint density at radius 3 is 2.69 bits per heavy atom. The normalized spacial score (nSPS) is 10.8. The Labute approximate surface area is 193 Å². The number of hydrogen-bond acceptors (Lipinski definition) is 4. The van der Waals surface area contributed by atoms with Gasteiger partial charge in [0.05, 0.1) is 0 Å². The van der Waals surface area contributed by atoms with Gasteiger partial charge in [0, 0.05) is 37.9 Å². The first kappa shape index (κ1) is 25.0. The molecule has 1 aromatic carbocycles. The Hall–Kier alpha value is -2.07. The zero-order valence-corrected chi connectivity index (χ0v) is 19.4. The van der Waals surface area contributed by atoms with Crippen LogP contribution < -0.4 is 16.0 Å². The van der Waals surface area contributed by atoms with Crippen molar-refractivity contribution >= 4 is 47.4 Å². The molecule has 0 fully saturated rings. The van der Waals surface area contributed by atoms with Crippen molar-refractivity contribution in [3.05, 3.63) is 58.9 Å². The molecular weight excluding hydrogens is 505 g/mol. The molecule has 0 atom stereocenters. The van der Waals surface area contributed by atoms with E-state index in [9.17, 15) is 9.90 Å². The molecule has 2 aromatic rings. The zero-order valence-electron chi connectivity index (χ0n) is 16.3. The summed E-state index contributed by atoms with van der Waals surface area (Å²) in [5, 5.41) is 19.2. The number of amides is 1. The van der Waals surface area contributed by atoms with Gasteiger partial charge in [-0.1, -0.05) is 23.7 Å². The lowest BCUT2D eigenvalue weighted by Crippen LogP contribution is -2.38. The number of carbonyl (C=O) groups is 1. The lowest BCUT2D eigenvalue weighted by atomic mass is 10.2. The quantitative estimate of drug-likeness (QED) is 0.131. The number of hydrogen-bond donors (Lipinski definition) is 4. The van der Waals surface area contributed by atoms with Crippen molar-refractivity contribution < 1.29 is 9.90 Å². The van der Waals surface area contributed by atoms with Crippen LogP contribution >= 0.6 is 35.6 Å². The summed E-state index contributed by atoms with van der Waals surface area (Å²) < 4.78 is 0. The van der Waals surface area contributed by atoms with E-state index in [-0.39, 0.29) is 35.6 Å². The van der Waals surface area contributed by atoms with E-state index in [2.05, 4.69) is 25.9 Å². The van der Waals surface area contributed by atoms with Crippen LogP contribution in [-0.2, 0) is 6.42 Å². The number of halogens is 2. The van der Waals surface area contributed by atoms with Crippen LogP contribution in [-0.4, -0.2) is 48.1 Å². The number of aromatic hydroxyl groups is 1. The van der Waals surface area contributed by atoms with Gasteiger partial charge >= 0.3 is 0 Å². The van der Waals surface area contributed by atoms with Gasteiger partial charge in [-0.05, 0) is 49.6 Å². The van der Waals surface area contributed by atoms with E-state index in [1.165, 1.54) is 12.1 Å². The fourth-order valence-electron chi connectivity index (χ4n) is 2.44. The van der Waals surface area contributed by atoms with Gasteiger partial charge in [0.25, 0.3) is 5.91 Å². The second kappa shape index (κ2) is 14.0. The van der Waals surface area contributed by atoms with Crippen LogP contribution in [0.2, 0.25) is 5.15 Å². The molecule has 29 heavy (non-hydrogen) atoms. The van der Waals surface area contributed by atoms with Gasteiger partial charge in [-0.25, -0.2) is 4.98 Å². The smallest absolute Gasteiger partial charge is 0.251 e. The lowest BCUT2D eigenvalue weighted by molar-refractivity contribution is 0.0953. The second-order valence-electron chi connectivity index (χ2n) is 6.09. The van der Waals surface area contributed by atoms with Crippen LogP contribution in [0.5, 0.6) is 5.75 Å². The Balaban J connectivity index is 0.00000420. The minimum Gasteiger partial charge on any atom is -0.508 e. The number of aromatic nitrogens is 1. The van der Waals surface area contributed by atoms with Crippen LogP contribution in [0.15, 0.2) is 47.6 Å². The average Bonchev–Trinajstić information content (AvgIpc) is 2.69. The van der Waals surface area contributed by atoms with E-state index in [4.69, 9.17) is 11.6 Å². The van der Waals surface area contributed by atoms with Gasteiger partial charge in [0.15, 0.2) is 5.96 Å². The summed E-state index contributed by atoms with van der Waals surface area (Å²) in [5.41, 5.74) is 1.54. The molecule has 1 amide bonds. The minimum absolute atomic E-state index is 0. The molecule has 7 nitrogen and oxygen atoms in total. The second-order valence-corrected chi connectivity index (χ2v) is 6.47. The number of pyridine rings is 1. The number of carbonyl (C=O) groups excluding carboxylic acids is 1. The summed E-state index contributed by atoms with van der Waals surface area (Å²) in [6, 6.07) is 10.0. The molecule has 1 heterocycles. The highest BCUT2D eigenvalue weighted by Gasteiger charge is 2.05. The third-order valence-electron chi connectivity index (χ3n) is 3.84. The molecule has 2 rings (SSSR count). The molecule has 0 saturated carbocycles. The van der Waals surface area contributed by atoms with Crippen LogP contribution in [0.3, 0.4) is 0 Å².